The van der Waals surface area contributed by atoms with Crippen molar-refractivity contribution in [3.05, 3.63) is 67.3 Å². The Balaban J connectivity index is 2.07. The zero-order chi connectivity index (χ0) is 22.5. The number of nitrogens with one attached hydrogen (secondary N) is 1. The third-order valence-electron chi connectivity index (χ3n) is 4.28. The van der Waals surface area contributed by atoms with E-state index < -0.39 is 23.3 Å². The lowest BCUT2D eigenvalue weighted by Gasteiger charge is -2.18. The number of fused-ring (bicyclic) bond motifs is 1. The highest BCUT2D eigenvalue weighted by Gasteiger charge is 2.21. The molecule has 9 nitrogen and oxygen atoms in total. The Labute approximate surface area is 185 Å². The van der Waals surface area contributed by atoms with Crippen molar-refractivity contribution in [1.29, 1.82) is 0 Å². The maximum Gasteiger partial charge on any atom is 0.349 e. The molecule has 2 aromatic carbocycles. The summed E-state index contributed by atoms with van der Waals surface area (Å²) in [6.07, 6.45) is 0.361. The molecule has 1 aromatic heterocycles. The van der Waals surface area contributed by atoms with Gasteiger partial charge >= 0.3 is 11.7 Å². The molecule has 0 spiro atoms. The van der Waals surface area contributed by atoms with Crippen molar-refractivity contribution in [1.82, 2.24) is 9.66 Å². The van der Waals surface area contributed by atoms with Gasteiger partial charge in [0.2, 0.25) is 0 Å². The van der Waals surface area contributed by atoms with Crippen molar-refractivity contribution < 1.29 is 19.0 Å². The summed E-state index contributed by atoms with van der Waals surface area (Å²) in [5.41, 5.74) is -0.466. The molecule has 3 aromatic rings. The average molecular weight is 490 g/mol. The van der Waals surface area contributed by atoms with Gasteiger partial charge in [0, 0.05) is 10.0 Å². The van der Waals surface area contributed by atoms with E-state index in [1.54, 1.807) is 50.2 Å². The highest BCUT2D eigenvalue weighted by Crippen LogP contribution is 2.35. The molecule has 3 rings (SSSR count). The summed E-state index contributed by atoms with van der Waals surface area (Å²) in [6, 6.07) is 9.94. The van der Waals surface area contributed by atoms with Crippen LogP contribution in [0, 0.1) is 0 Å². The molecular formula is C21H20BrN3O6. The standard InChI is InChI=1S/C21H20BrN3O6/c1-4-30-20(27)12(2)31-18-13(9-14(22)10-17(18)29-3)11-23-25-19(26)15-7-5-6-8-16(15)24-21(25)28/h5-12H,4H2,1-3H3,(H,24,28)/t12-/m0/s1. The van der Waals surface area contributed by atoms with Crippen molar-refractivity contribution in [3.8, 4) is 11.5 Å². The summed E-state index contributed by atoms with van der Waals surface area (Å²) in [6.45, 7) is 3.45. The molecule has 1 N–H and O–H groups in total. The van der Waals surface area contributed by atoms with Crippen molar-refractivity contribution in [3.63, 3.8) is 0 Å². The molecule has 0 aliphatic heterocycles. The fraction of sp³-hybridized carbons (Fsp3) is 0.238. The van der Waals surface area contributed by atoms with Gasteiger partial charge in [-0.3, -0.25) is 4.79 Å². The third-order valence-corrected chi connectivity index (χ3v) is 4.74. The zero-order valence-electron chi connectivity index (χ0n) is 17.0. The van der Waals surface area contributed by atoms with Gasteiger partial charge in [0.1, 0.15) is 0 Å². The van der Waals surface area contributed by atoms with Crippen molar-refractivity contribution in [2.45, 2.75) is 20.0 Å². The number of hydrogen-bond acceptors (Lipinski definition) is 7. The summed E-state index contributed by atoms with van der Waals surface area (Å²) in [7, 11) is 1.45. The van der Waals surface area contributed by atoms with Gasteiger partial charge in [-0.2, -0.15) is 5.10 Å². The number of H-pyrrole nitrogens is 1. The van der Waals surface area contributed by atoms with Crippen LogP contribution in [-0.4, -0.2) is 41.7 Å². The number of methoxy groups -OCH3 is 1. The lowest BCUT2D eigenvalue weighted by molar-refractivity contribution is -0.150. The highest BCUT2D eigenvalue weighted by atomic mass is 79.9. The van der Waals surface area contributed by atoms with E-state index in [4.69, 9.17) is 14.2 Å². The van der Waals surface area contributed by atoms with Gasteiger partial charge in [0.15, 0.2) is 17.6 Å². The SMILES string of the molecule is CCOC(=O)[C@H](C)Oc1c(C=Nn2c(=O)[nH]c3ccccc3c2=O)cc(Br)cc1OC. The van der Waals surface area contributed by atoms with Crippen LogP contribution < -0.4 is 20.7 Å². The molecule has 0 amide bonds. The lowest BCUT2D eigenvalue weighted by atomic mass is 10.2. The Morgan fingerprint density at radius 2 is 2.03 bits per heavy atom. The van der Waals surface area contributed by atoms with Gasteiger partial charge in [-0.25, -0.2) is 9.59 Å². The number of esters is 1. The molecular weight excluding hydrogens is 470 g/mol. The molecule has 31 heavy (non-hydrogen) atoms. The van der Waals surface area contributed by atoms with Crippen molar-refractivity contribution in [2.24, 2.45) is 5.10 Å². The Morgan fingerprint density at radius 3 is 2.74 bits per heavy atom. The Hall–Kier alpha value is -3.40. The van der Waals surface area contributed by atoms with E-state index in [9.17, 15) is 14.4 Å². The molecule has 0 unspecified atom stereocenters. The predicted molar refractivity (Wildman–Crippen MR) is 119 cm³/mol. The Bertz CT molecular complexity index is 1260. The Morgan fingerprint density at radius 1 is 1.29 bits per heavy atom. The first-order valence-electron chi connectivity index (χ1n) is 9.35. The second-order valence-electron chi connectivity index (χ2n) is 6.38. The van der Waals surface area contributed by atoms with E-state index in [0.717, 1.165) is 0 Å². The van der Waals surface area contributed by atoms with Crippen LogP contribution in [0.2, 0.25) is 0 Å². The van der Waals surface area contributed by atoms with E-state index in [1.807, 2.05) is 0 Å². The minimum absolute atomic E-state index is 0.209. The predicted octanol–water partition coefficient (Wildman–Crippen LogP) is 2.67. The fourth-order valence-electron chi connectivity index (χ4n) is 2.82. The lowest BCUT2D eigenvalue weighted by Crippen LogP contribution is -2.32. The maximum atomic E-state index is 12.7. The normalized spacial score (nSPS) is 12.1. The van der Waals surface area contributed by atoms with Gasteiger partial charge < -0.3 is 19.2 Å². The van der Waals surface area contributed by atoms with Gasteiger partial charge in [-0.1, -0.05) is 28.1 Å². The summed E-state index contributed by atoms with van der Waals surface area (Å²) in [4.78, 5) is 39.7. The second-order valence-corrected chi connectivity index (χ2v) is 7.29. The van der Waals surface area contributed by atoms with Crippen molar-refractivity contribution >= 4 is 39.0 Å². The van der Waals surface area contributed by atoms with Crippen LogP contribution in [0.5, 0.6) is 11.5 Å². The number of carbonyl (C=O) groups excluding carboxylic acids is 1. The van der Waals surface area contributed by atoms with Crippen LogP contribution >= 0.6 is 15.9 Å². The van der Waals surface area contributed by atoms with Gasteiger partial charge in [0.25, 0.3) is 5.56 Å². The minimum Gasteiger partial charge on any atom is -0.493 e. The van der Waals surface area contributed by atoms with Crippen molar-refractivity contribution in [2.75, 3.05) is 13.7 Å². The molecule has 0 saturated heterocycles. The number of para-hydroxylation sites is 1. The number of benzene rings is 2. The largest absolute Gasteiger partial charge is 0.493 e. The van der Waals surface area contributed by atoms with Crippen LogP contribution in [0.3, 0.4) is 0 Å². The fourth-order valence-corrected chi connectivity index (χ4v) is 3.28. The molecule has 0 aliphatic carbocycles. The number of carbonyl (C=O) groups is 1. The van der Waals surface area contributed by atoms with Gasteiger partial charge in [0.05, 0.1) is 30.8 Å². The minimum atomic E-state index is -0.922. The summed E-state index contributed by atoms with van der Waals surface area (Å²) < 4.78 is 17.5. The number of aromatic amines is 1. The first kappa shape index (κ1) is 22.3. The van der Waals surface area contributed by atoms with E-state index in [0.29, 0.717) is 31.4 Å². The number of rotatable bonds is 7. The number of halogens is 1. The van der Waals surface area contributed by atoms with Crippen LogP contribution in [0.15, 0.2) is 55.6 Å². The van der Waals surface area contributed by atoms with E-state index >= 15 is 0 Å². The average Bonchev–Trinajstić information content (AvgIpc) is 2.74. The maximum absolute atomic E-state index is 12.7. The smallest absolute Gasteiger partial charge is 0.349 e. The van der Waals surface area contributed by atoms with Crippen LogP contribution in [0.4, 0.5) is 0 Å². The van der Waals surface area contributed by atoms with Crippen LogP contribution in [-0.2, 0) is 9.53 Å². The topological polar surface area (TPSA) is 112 Å². The highest BCUT2D eigenvalue weighted by molar-refractivity contribution is 9.10. The van der Waals surface area contributed by atoms with Gasteiger partial charge in [-0.05, 0) is 38.1 Å². The quantitative estimate of drug-likeness (QED) is 0.403. The number of ether oxygens (including phenoxy) is 3. The monoisotopic (exact) mass is 489 g/mol. The molecule has 0 fully saturated rings. The summed E-state index contributed by atoms with van der Waals surface area (Å²) in [5.74, 6) is -0.00966. The van der Waals surface area contributed by atoms with E-state index in [1.165, 1.54) is 13.3 Å². The molecule has 0 saturated carbocycles. The Kier molecular flexibility index (Phi) is 6.91. The molecule has 10 heteroatoms. The molecule has 1 heterocycles. The van der Waals surface area contributed by atoms with E-state index in [2.05, 4.69) is 26.0 Å². The van der Waals surface area contributed by atoms with E-state index in [-0.39, 0.29) is 12.4 Å². The second kappa shape index (κ2) is 9.61. The zero-order valence-corrected chi connectivity index (χ0v) is 18.6. The van der Waals surface area contributed by atoms with Crippen LogP contribution in [0.1, 0.15) is 19.4 Å². The number of aromatic nitrogens is 2. The van der Waals surface area contributed by atoms with Gasteiger partial charge in [-0.15, -0.1) is 4.68 Å². The molecule has 0 bridgehead atoms. The number of hydrogen-bond donors (Lipinski definition) is 1. The molecule has 0 radical (unpaired) electrons. The molecule has 162 valence electrons. The first-order valence-corrected chi connectivity index (χ1v) is 10.1. The summed E-state index contributed by atoms with van der Waals surface area (Å²) in [5, 5.41) is 4.37. The molecule has 0 aliphatic rings. The van der Waals surface area contributed by atoms with Crippen LogP contribution in [0.25, 0.3) is 10.9 Å². The molecule has 1 atom stereocenters. The number of nitrogens with zero attached hydrogens (tertiary/aromatic N) is 2. The summed E-state index contributed by atoms with van der Waals surface area (Å²) >= 11 is 3.37. The first-order chi connectivity index (χ1) is 14.8. The third kappa shape index (κ3) is 4.85.